The van der Waals surface area contributed by atoms with Crippen molar-refractivity contribution in [1.29, 1.82) is 0 Å². The molecule has 1 atom stereocenters. The highest BCUT2D eigenvalue weighted by Crippen LogP contribution is 2.32. The summed E-state index contributed by atoms with van der Waals surface area (Å²) in [6, 6.07) is 10.7. The lowest BCUT2D eigenvalue weighted by Gasteiger charge is -2.23. The van der Waals surface area contributed by atoms with Gasteiger partial charge >= 0.3 is 16.1 Å². The molecule has 0 bridgehead atoms. The average molecular weight is 435 g/mol. The summed E-state index contributed by atoms with van der Waals surface area (Å²) in [7, 11) is -1.10. The van der Waals surface area contributed by atoms with Gasteiger partial charge < -0.3 is 18.6 Å². The number of carbonyl (C=O) groups is 1. The van der Waals surface area contributed by atoms with Gasteiger partial charge in [-0.2, -0.15) is 8.42 Å². The normalized spacial score (nSPS) is 15.3. The van der Waals surface area contributed by atoms with Crippen molar-refractivity contribution in [1.82, 2.24) is 4.90 Å². The monoisotopic (exact) mass is 434 g/mol. The Balaban J connectivity index is 1.76. The number of urea groups is 1. The minimum atomic E-state index is -4.05. The van der Waals surface area contributed by atoms with E-state index >= 15 is 0 Å². The molecular weight excluding hydrogens is 408 g/mol. The molecular formula is C21H26N2O6S. The van der Waals surface area contributed by atoms with Crippen LogP contribution in [-0.2, 0) is 10.1 Å². The Morgan fingerprint density at radius 3 is 2.27 bits per heavy atom. The number of hydrogen-bond acceptors (Lipinski definition) is 6. The summed E-state index contributed by atoms with van der Waals surface area (Å²) in [4.78, 5) is 16.1. The van der Waals surface area contributed by atoms with Crippen LogP contribution in [0.15, 0.2) is 47.4 Å². The van der Waals surface area contributed by atoms with Gasteiger partial charge in [0, 0.05) is 30.9 Å². The molecule has 0 aliphatic carbocycles. The van der Waals surface area contributed by atoms with Crippen molar-refractivity contribution in [2.45, 2.75) is 31.2 Å². The van der Waals surface area contributed by atoms with Crippen LogP contribution in [0.1, 0.15) is 20.3 Å². The van der Waals surface area contributed by atoms with Crippen LogP contribution in [0, 0.1) is 0 Å². The summed E-state index contributed by atoms with van der Waals surface area (Å²) in [5, 5.41) is 0. The van der Waals surface area contributed by atoms with Gasteiger partial charge in [0.25, 0.3) is 0 Å². The number of hydrogen-bond donors (Lipinski definition) is 0. The Bertz CT molecular complexity index is 1010. The second-order valence-electron chi connectivity index (χ2n) is 6.93. The lowest BCUT2D eigenvalue weighted by molar-refractivity contribution is 0.203. The van der Waals surface area contributed by atoms with E-state index in [1.165, 1.54) is 38.5 Å². The van der Waals surface area contributed by atoms with Crippen LogP contribution in [0.3, 0.4) is 0 Å². The molecule has 0 N–H and O–H groups in total. The molecule has 0 radical (unpaired) electrons. The number of amides is 2. The number of rotatable bonds is 8. The third-order valence-corrected chi connectivity index (χ3v) is 6.42. The van der Waals surface area contributed by atoms with Gasteiger partial charge in [0.2, 0.25) is 0 Å². The SMILES string of the molecule is CCC(C)N1CCN(c2ccc(S(=O)(=O)Oc3ccc(OC)c(OC)c3)cc2)C1=O. The molecule has 1 aliphatic rings. The number of nitrogens with zero attached hydrogens (tertiary/aromatic N) is 2. The fraction of sp³-hybridized carbons (Fsp3) is 0.381. The first kappa shape index (κ1) is 21.8. The lowest BCUT2D eigenvalue weighted by atomic mass is 10.2. The van der Waals surface area contributed by atoms with Crippen molar-refractivity contribution < 1.29 is 26.9 Å². The first-order valence-electron chi connectivity index (χ1n) is 9.65. The molecule has 1 unspecified atom stereocenters. The quantitative estimate of drug-likeness (QED) is 0.591. The van der Waals surface area contributed by atoms with Gasteiger partial charge in [-0.3, -0.25) is 4.90 Å². The van der Waals surface area contributed by atoms with Gasteiger partial charge in [0.1, 0.15) is 10.6 Å². The lowest BCUT2D eigenvalue weighted by Crippen LogP contribution is -2.37. The van der Waals surface area contributed by atoms with E-state index in [9.17, 15) is 13.2 Å². The van der Waals surface area contributed by atoms with E-state index in [1.807, 2.05) is 18.7 Å². The zero-order chi connectivity index (χ0) is 21.9. The number of ether oxygens (including phenoxy) is 2. The molecule has 0 aromatic heterocycles. The molecule has 8 nitrogen and oxygen atoms in total. The summed E-state index contributed by atoms with van der Waals surface area (Å²) >= 11 is 0. The van der Waals surface area contributed by atoms with E-state index in [2.05, 4.69) is 0 Å². The van der Waals surface area contributed by atoms with Crippen LogP contribution < -0.4 is 18.6 Å². The Labute approximate surface area is 177 Å². The van der Waals surface area contributed by atoms with Crippen LogP contribution in [0.2, 0.25) is 0 Å². The van der Waals surface area contributed by atoms with E-state index in [4.69, 9.17) is 13.7 Å². The minimum Gasteiger partial charge on any atom is -0.493 e. The highest BCUT2D eigenvalue weighted by Gasteiger charge is 2.32. The molecule has 2 aromatic rings. The van der Waals surface area contributed by atoms with Gasteiger partial charge in [0.15, 0.2) is 11.5 Å². The van der Waals surface area contributed by atoms with Crippen LogP contribution in [-0.4, -0.2) is 52.7 Å². The predicted octanol–water partition coefficient (Wildman–Crippen LogP) is 3.51. The first-order valence-corrected chi connectivity index (χ1v) is 11.1. The van der Waals surface area contributed by atoms with Crippen LogP contribution >= 0.6 is 0 Å². The zero-order valence-corrected chi connectivity index (χ0v) is 18.3. The predicted molar refractivity (Wildman–Crippen MR) is 113 cm³/mol. The fourth-order valence-corrected chi connectivity index (χ4v) is 4.18. The Morgan fingerprint density at radius 1 is 1.00 bits per heavy atom. The third-order valence-electron chi connectivity index (χ3n) is 5.16. The van der Waals surface area contributed by atoms with Gasteiger partial charge in [-0.05, 0) is 49.7 Å². The summed E-state index contributed by atoms with van der Waals surface area (Å²) in [6.07, 6.45) is 0.879. The van der Waals surface area contributed by atoms with E-state index in [-0.39, 0.29) is 22.7 Å². The highest BCUT2D eigenvalue weighted by molar-refractivity contribution is 7.87. The van der Waals surface area contributed by atoms with Crippen LogP contribution in [0.4, 0.5) is 10.5 Å². The molecule has 1 saturated heterocycles. The minimum absolute atomic E-state index is 0.00790. The Kier molecular flexibility index (Phi) is 6.40. The maximum Gasteiger partial charge on any atom is 0.339 e. The molecule has 1 aliphatic heterocycles. The van der Waals surface area contributed by atoms with E-state index < -0.39 is 10.1 Å². The molecule has 0 saturated carbocycles. The van der Waals surface area contributed by atoms with Crippen molar-refractivity contribution in [3.05, 3.63) is 42.5 Å². The number of methoxy groups -OCH3 is 2. The van der Waals surface area contributed by atoms with Crippen molar-refractivity contribution in [2.75, 3.05) is 32.2 Å². The largest absolute Gasteiger partial charge is 0.493 e. The van der Waals surface area contributed by atoms with Crippen molar-refractivity contribution in [3.8, 4) is 17.2 Å². The molecule has 0 spiro atoms. The summed E-state index contributed by atoms with van der Waals surface area (Å²) in [5.74, 6) is 0.933. The number of carbonyl (C=O) groups excluding carboxylic acids is 1. The molecule has 2 aromatic carbocycles. The van der Waals surface area contributed by atoms with Crippen LogP contribution in [0.5, 0.6) is 17.2 Å². The standard InChI is InChI=1S/C21H26N2O6S/c1-5-15(2)22-12-13-23(21(22)24)16-6-9-18(10-7-16)30(25,26)29-17-8-11-19(27-3)20(14-17)28-4/h6-11,14-15H,5,12-13H2,1-4H3. The topological polar surface area (TPSA) is 85.4 Å². The Morgan fingerprint density at radius 2 is 1.67 bits per heavy atom. The molecule has 3 rings (SSSR count). The summed E-state index contributed by atoms with van der Waals surface area (Å²) in [5.41, 5.74) is 0.649. The van der Waals surface area contributed by atoms with Gasteiger partial charge in [-0.25, -0.2) is 4.79 Å². The zero-order valence-electron chi connectivity index (χ0n) is 17.5. The maximum absolute atomic E-state index is 12.6. The van der Waals surface area contributed by atoms with E-state index in [0.29, 0.717) is 30.3 Å². The van der Waals surface area contributed by atoms with Gasteiger partial charge in [0.05, 0.1) is 14.2 Å². The maximum atomic E-state index is 12.6. The molecule has 9 heteroatoms. The number of benzene rings is 2. The molecule has 1 heterocycles. The highest BCUT2D eigenvalue weighted by atomic mass is 32.2. The first-order chi connectivity index (χ1) is 14.3. The van der Waals surface area contributed by atoms with Crippen LogP contribution in [0.25, 0.3) is 0 Å². The average Bonchev–Trinajstić information content (AvgIpc) is 3.14. The molecule has 2 amide bonds. The second-order valence-corrected chi connectivity index (χ2v) is 8.48. The van der Waals surface area contributed by atoms with Gasteiger partial charge in [-0.1, -0.05) is 6.92 Å². The Hall–Kier alpha value is -2.94. The third kappa shape index (κ3) is 4.30. The molecule has 1 fully saturated rings. The van der Waals surface area contributed by atoms with E-state index in [0.717, 1.165) is 6.42 Å². The van der Waals surface area contributed by atoms with Crippen molar-refractivity contribution in [3.63, 3.8) is 0 Å². The number of anilines is 1. The van der Waals surface area contributed by atoms with E-state index in [1.54, 1.807) is 23.1 Å². The molecule has 162 valence electrons. The smallest absolute Gasteiger partial charge is 0.339 e. The second kappa shape index (κ2) is 8.83. The summed E-state index contributed by atoms with van der Waals surface area (Å²) in [6.45, 7) is 5.27. The van der Waals surface area contributed by atoms with Gasteiger partial charge in [-0.15, -0.1) is 0 Å². The van der Waals surface area contributed by atoms with Crippen molar-refractivity contribution in [2.24, 2.45) is 0 Å². The molecule has 30 heavy (non-hydrogen) atoms. The van der Waals surface area contributed by atoms with Crippen molar-refractivity contribution >= 4 is 21.8 Å². The summed E-state index contributed by atoms with van der Waals surface area (Å²) < 4.78 is 40.8. The fourth-order valence-electron chi connectivity index (χ4n) is 3.26.